The van der Waals surface area contributed by atoms with Gasteiger partial charge in [0.2, 0.25) is 10.0 Å². The van der Waals surface area contributed by atoms with Crippen LogP contribution in [0.15, 0.2) is 35.5 Å². The Morgan fingerprint density at radius 3 is 2.83 bits per heavy atom. The molecule has 4 N–H and O–H groups in total. The van der Waals surface area contributed by atoms with Crippen LogP contribution in [-0.4, -0.2) is 43.4 Å². The van der Waals surface area contributed by atoms with E-state index in [1.54, 1.807) is 12.4 Å². The van der Waals surface area contributed by atoms with Gasteiger partial charge in [-0.3, -0.25) is 5.10 Å². The third-order valence-corrected chi connectivity index (χ3v) is 4.83. The zero-order chi connectivity index (χ0) is 17.4. The number of hydrogen-bond donors (Lipinski definition) is 4. The molecule has 0 unspecified atom stereocenters. The molecule has 0 saturated carbocycles. The van der Waals surface area contributed by atoms with Crippen LogP contribution in [-0.2, 0) is 16.4 Å². The van der Waals surface area contributed by atoms with Crippen molar-refractivity contribution in [3.05, 3.63) is 41.7 Å². The number of nitriles is 1. The predicted octanol–water partition coefficient (Wildman–Crippen LogP) is 0.597. The average molecular weight is 349 g/mol. The van der Waals surface area contributed by atoms with Gasteiger partial charge in [-0.15, -0.1) is 0 Å². The Morgan fingerprint density at radius 2 is 2.17 bits per heavy atom. The Bertz CT molecular complexity index is 797. The first-order chi connectivity index (χ1) is 11.6. The maximum absolute atomic E-state index is 12.5. The summed E-state index contributed by atoms with van der Waals surface area (Å²) in [7, 11) is -3.72. The summed E-state index contributed by atoms with van der Waals surface area (Å²) in [5.41, 5.74) is 1.61. The van der Waals surface area contributed by atoms with E-state index in [1.165, 1.54) is 18.2 Å². The highest BCUT2D eigenvalue weighted by Crippen LogP contribution is 2.22. The van der Waals surface area contributed by atoms with Crippen LogP contribution >= 0.6 is 0 Å². The van der Waals surface area contributed by atoms with E-state index in [0.717, 1.165) is 5.56 Å². The fourth-order valence-corrected chi connectivity index (χ4v) is 3.29. The number of nitrogens with one attached hydrogen (secondary N) is 3. The molecular formula is C15H19N5O3S. The number of H-pyrrole nitrogens is 1. The summed E-state index contributed by atoms with van der Waals surface area (Å²) in [5, 5.41) is 27.3. The maximum Gasteiger partial charge on any atom is 0.242 e. The maximum atomic E-state index is 12.5. The summed E-state index contributed by atoms with van der Waals surface area (Å²) < 4.78 is 27.6. The lowest BCUT2D eigenvalue weighted by Gasteiger charge is -2.13. The van der Waals surface area contributed by atoms with Crippen LogP contribution in [0, 0.1) is 11.3 Å². The molecule has 1 aromatic heterocycles. The monoisotopic (exact) mass is 349 g/mol. The molecule has 0 radical (unpaired) electrons. The van der Waals surface area contributed by atoms with Crippen LogP contribution in [0.3, 0.4) is 0 Å². The van der Waals surface area contributed by atoms with Crippen LogP contribution in [0.1, 0.15) is 17.5 Å². The van der Waals surface area contributed by atoms with Gasteiger partial charge >= 0.3 is 0 Å². The van der Waals surface area contributed by atoms with Crippen molar-refractivity contribution in [3.63, 3.8) is 0 Å². The van der Waals surface area contributed by atoms with Gasteiger partial charge in [-0.1, -0.05) is 0 Å². The topological polar surface area (TPSA) is 131 Å². The minimum absolute atomic E-state index is 0.00399. The first-order valence-electron chi connectivity index (χ1n) is 7.43. The molecule has 128 valence electrons. The van der Waals surface area contributed by atoms with E-state index < -0.39 is 10.0 Å². The van der Waals surface area contributed by atoms with Crippen LogP contribution in [0.2, 0.25) is 0 Å². The lowest BCUT2D eigenvalue weighted by atomic mass is 10.2. The number of rotatable bonds is 9. The second kappa shape index (κ2) is 8.44. The molecule has 2 aromatic rings. The van der Waals surface area contributed by atoms with Crippen molar-refractivity contribution in [2.45, 2.75) is 17.7 Å². The molecule has 0 spiro atoms. The van der Waals surface area contributed by atoms with E-state index >= 15 is 0 Å². The Kier molecular flexibility index (Phi) is 6.31. The first kappa shape index (κ1) is 17.9. The molecule has 1 heterocycles. The largest absolute Gasteiger partial charge is 0.396 e. The number of sulfonamides is 1. The van der Waals surface area contributed by atoms with E-state index in [2.05, 4.69) is 20.2 Å². The molecule has 0 fully saturated rings. The van der Waals surface area contributed by atoms with Gasteiger partial charge in [0.1, 0.15) is 4.90 Å². The second-order valence-corrected chi connectivity index (χ2v) is 6.82. The Morgan fingerprint density at radius 1 is 1.33 bits per heavy atom. The molecule has 0 bridgehead atoms. The summed E-state index contributed by atoms with van der Waals surface area (Å²) >= 11 is 0. The van der Waals surface area contributed by atoms with Crippen molar-refractivity contribution in [2.75, 3.05) is 25.0 Å². The average Bonchev–Trinajstić information content (AvgIpc) is 3.08. The van der Waals surface area contributed by atoms with Gasteiger partial charge in [-0.25, -0.2) is 13.1 Å². The SMILES string of the molecule is N#Cc1ccc(S(=O)(=O)NCCc2cn[nH]c2)c(NCCCO)c1. The zero-order valence-electron chi connectivity index (χ0n) is 13.0. The molecular weight excluding hydrogens is 330 g/mol. The fraction of sp³-hybridized carbons (Fsp3) is 0.333. The molecule has 0 aliphatic carbocycles. The fourth-order valence-electron chi connectivity index (χ4n) is 2.10. The van der Waals surface area contributed by atoms with Gasteiger partial charge in [0.15, 0.2) is 0 Å². The lowest BCUT2D eigenvalue weighted by Crippen LogP contribution is -2.27. The number of aliphatic hydroxyl groups is 1. The van der Waals surface area contributed by atoms with Gasteiger partial charge in [-0.2, -0.15) is 10.4 Å². The molecule has 24 heavy (non-hydrogen) atoms. The molecule has 2 rings (SSSR count). The van der Waals surface area contributed by atoms with E-state index in [1.807, 2.05) is 6.07 Å². The molecule has 0 amide bonds. The van der Waals surface area contributed by atoms with E-state index in [9.17, 15) is 8.42 Å². The smallest absolute Gasteiger partial charge is 0.242 e. The van der Waals surface area contributed by atoms with Crippen molar-refractivity contribution in [1.29, 1.82) is 5.26 Å². The van der Waals surface area contributed by atoms with E-state index in [-0.39, 0.29) is 18.0 Å². The number of benzene rings is 1. The van der Waals surface area contributed by atoms with Crippen molar-refractivity contribution in [3.8, 4) is 6.07 Å². The zero-order valence-corrected chi connectivity index (χ0v) is 13.8. The highest BCUT2D eigenvalue weighted by atomic mass is 32.2. The van der Waals surface area contributed by atoms with Gasteiger partial charge in [0.05, 0.1) is 23.5 Å². The predicted molar refractivity (Wildman–Crippen MR) is 88.8 cm³/mol. The van der Waals surface area contributed by atoms with Crippen LogP contribution in [0.25, 0.3) is 0 Å². The van der Waals surface area contributed by atoms with E-state index in [0.29, 0.717) is 30.6 Å². The lowest BCUT2D eigenvalue weighted by molar-refractivity contribution is 0.292. The van der Waals surface area contributed by atoms with Crippen molar-refractivity contribution < 1.29 is 13.5 Å². The summed E-state index contributed by atoms with van der Waals surface area (Å²) in [6.45, 7) is 0.636. The van der Waals surface area contributed by atoms with Gasteiger partial charge in [-0.05, 0) is 36.6 Å². The van der Waals surface area contributed by atoms with Crippen LogP contribution < -0.4 is 10.0 Å². The normalized spacial score (nSPS) is 11.2. The summed E-state index contributed by atoms with van der Waals surface area (Å²) in [6.07, 6.45) is 4.33. The van der Waals surface area contributed by atoms with Crippen LogP contribution in [0.4, 0.5) is 5.69 Å². The minimum atomic E-state index is -3.72. The van der Waals surface area contributed by atoms with Crippen molar-refractivity contribution in [1.82, 2.24) is 14.9 Å². The highest BCUT2D eigenvalue weighted by Gasteiger charge is 2.18. The molecule has 1 aromatic carbocycles. The third-order valence-electron chi connectivity index (χ3n) is 3.31. The molecule has 0 saturated heterocycles. The Labute approximate surface area is 140 Å². The minimum Gasteiger partial charge on any atom is -0.396 e. The number of anilines is 1. The molecule has 8 nitrogen and oxygen atoms in total. The third kappa shape index (κ3) is 4.79. The summed E-state index contributed by atoms with van der Waals surface area (Å²) in [5.74, 6) is 0. The molecule has 0 aliphatic rings. The van der Waals surface area contributed by atoms with Gasteiger partial charge < -0.3 is 10.4 Å². The van der Waals surface area contributed by atoms with Gasteiger partial charge in [0, 0.05) is 25.9 Å². The molecule has 9 heteroatoms. The Balaban J connectivity index is 2.13. The number of hydrogen-bond acceptors (Lipinski definition) is 6. The quantitative estimate of drug-likeness (QED) is 0.490. The highest BCUT2D eigenvalue weighted by molar-refractivity contribution is 7.89. The van der Waals surface area contributed by atoms with E-state index in [4.69, 9.17) is 10.4 Å². The summed E-state index contributed by atoms with van der Waals surface area (Å²) in [6, 6.07) is 6.33. The molecule has 0 aliphatic heterocycles. The molecule has 0 atom stereocenters. The number of aromatic nitrogens is 2. The number of nitrogens with zero attached hydrogens (tertiary/aromatic N) is 2. The second-order valence-electron chi connectivity index (χ2n) is 5.08. The number of aliphatic hydroxyl groups excluding tert-OH is 1. The van der Waals surface area contributed by atoms with Gasteiger partial charge in [0.25, 0.3) is 0 Å². The summed E-state index contributed by atoms with van der Waals surface area (Å²) in [4.78, 5) is 0.0756. The standard InChI is InChI=1S/C15H19N5O3S/c16-9-12-2-3-15(14(8-12)17-5-1-7-21)24(22,23)20-6-4-13-10-18-19-11-13/h2-3,8,10-11,17,20-21H,1,4-7H2,(H,18,19). The van der Waals surface area contributed by atoms with Crippen molar-refractivity contribution >= 4 is 15.7 Å². The number of aromatic amines is 1. The van der Waals surface area contributed by atoms with Crippen LogP contribution in [0.5, 0.6) is 0 Å². The Hall–Kier alpha value is -2.41. The van der Waals surface area contributed by atoms with Crippen molar-refractivity contribution in [2.24, 2.45) is 0 Å². The first-order valence-corrected chi connectivity index (χ1v) is 8.91.